The second kappa shape index (κ2) is 5.92. The minimum Gasteiger partial charge on any atom is -0.305 e. The second-order valence-electron chi connectivity index (χ2n) is 5.13. The first-order valence-electron chi connectivity index (χ1n) is 6.83. The van der Waals surface area contributed by atoms with Crippen LogP contribution in [-0.4, -0.2) is 11.0 Å². The maximum Gasteiger partial charge on any atom is 0.325 e. The average Bonchev–Trinajstić information content (AvgIpc) is 2.84. The average molecular weight is 333 g/mol. The monoisotopic (exact) mass is 333 g/mol. The zero-order valence-electron chi connectivity index (χ0n) is 12.4. The number of anilines is 2. The molecule has 3 rings (SSSR count). The van der Waals surface area contributed by atoms with Gasteiger partial charge in [-0.1, -0.05) is 11.3 Å². The number of thiazole rings is 1. The van der Waals surface area contributed by atoms with Gasteiger partial charge in [0.2, 0.25) is 0 Å². The molecule has 23 heavy (non-hydrogen) atoms. The molecule has 4 nitrogen and oxygen atoms in total. The van der Waals surface area contributed by atoms with E-state index < -0.39 is 17.7 Å². The largest absolute Gasteiger partial charge is 0.325 e. The smallest absolute Gasteiger partial charge is 0.305 e. The third-order valence-electron chi connectivity index (χ3n) is 3.40. The van der Waals surface area contributed by atoms with Crippen LogP contribution in [0.4, 0.5) is 24.4 Å². The number of aryl methyl sites for hydroxylation is 2. The van der Waals surface area contributed by atoms with Gasteiger partial charge in [0.25, 0.3) is 0 Å². The van der Waals surface area contributed by atoms with Crippen molar-refractivity contribution in [3.8, 4) is 0 Å². The fourth-order valence-corrected chi connectivity index (χ4v) is 3.02. The predicted octanol–water partition coefficient (Wildman–Crippen LogP) is 4.84. The molecule has 2 amide bonds. The van der Waals surface area contributed by atoms with Gasteiger partial charge in [-0.15, -0.1) is 0 Å². The number of halogens is 2. The lowest BCUT2D eigenvalue weighted by Crippen LogP contribution is -2.20. The van der Waals surface area contributed by atoms with Crippen LogP contribution in [0.3, 0.4) is 0 Å². The molecule has 0 saturated carbocycles. The molecule has 2 aromatic carbocycles. The lowest BCUT2D eigenvalue weighted by atomic mass is 10.1. The number of nitrogens with zero attached hydrogens (tertiary/aromatic N) is 1. The lowest BCUT2D eigenvalue weighted by molar-refractivity contribution is 0.262. The lowest BCUT2D eigenvalue weighted by Gasteiger charge is -2.06. The molecule has 0 bridgehead atoms. The number of fused-ring (bicyclic) bond motifs is 1. The fraction of sp³-hybridized carbons (Fsp3) is 0.125. The van der Waals surface area contributed by atoms with Crippen LogP contribution < -0.4 is 10.6 Å². The maximum absolute atomic E-state index is 13.5. The number of nitrogens with one attached hydrogen (secondary N) is 2. The summed E-state index contributed by atoms with van der Waals surface area (Å²) in [7, 11) is 0. The number of carbonyl (C=O) groups excluding carboxylic acids is 1. The van der Waals surface area contributed by atoms with Crippen LogP contribution >= 0.6 is 11.3 Å². The summed E-state index contributed by atoms with van der Waals surface area (Å²) in [6.07, 6.45) is 0. The number of hydrogen-bond acceptors (Lipinski definition) is 3. The van der Waals surface area contributed by atoms with E-state index in [-0.39, 0.29) is 5.69 Å². The zero-order valence-corrected chi connectivity index (χ0v) is 13.2. The summed E-state index contributed by atoms with van der Waals surface area (Å²) in [6.45, 7) is 3.99. The number of rotatable bonds is 2. The molecular formula is C16H13F2N3OS. The molecule has 0 aliphatic rings. The molecule has 2 N–H and O–H groups in total. The molecule has 0 spiro atoms. The third-order valence-corrected chi connectivity index (χ3v) is 4.33. The van der Waals surface area contributed by atoms with Gasteiger partial charge in [-0.3, -0.25) is 5.32 Å². The van der Waals surface area contributed by atoms with Crippen LogP contribution in [0, 0.1) is 25.5 Å². The second-order valence-corrected chi connectivity index (χ2v) is 6.16. The Bertz CT molecular complexity index is 869. The molecule has 7 heteroatoms. The summed E-state index contributed by atoms with van der Waals surface area (Å²) < 4.78 is 27.5. The molecule has 0 aliphatic heterocycles. The standard InChI is InChI=1S/C16H13F2N3OS/c1-8-5-13-14(6-9(8)2)23-16(20-13)21-15(22)19-12-7-10(17)3-4-11(12)18/h3-7H,1-2H3,(H2,19,20,21,22). The van der Waals surface area contributed by atoms with Crippen LogP contribution in [0.2, 0.25) is 0 Å². The molecule has 0 atom stereocenters. The minimum atomic E-state index is -0.711. The summed E-state index contributed by atoms with van der Waals surface area (Å²) >= 11 is 1.32. The number of amides is 2. The fourth-order valence-electron chi connectivity index (χ4n) is 2.08. The summed E-state index contributed by atoms with van der Waals surface area (Å²) in [5, 5.41) is 5.19. The Morgan fingerprint density at radius 1 is 1.09 bits per heavy atom. The third kappa shape index (κ3) is 3.29. The van der Waals surface area contributed by atoms with E-state index in [4.69, 9.17) is 0 Å². The van der Waals surface area contributed by atoms with Crippen molar-refractivity contribution in [2.75, 3.05) is 10.6 Å². The Morgan fingerprint density at radius 3 is 2.61 bits per heavy atom. The molecule has 0 unspecified atom stereocenters. The molecule has 0 saturated heterocycles. The number of benzene rings is 2. The molecule has 1 heterocycles. The van der Waals surface area contributed by atoms with E-state index in [9.17, 15) is 13.6 Å². The topological polar surface area (TPSA) is 54.0 Å². The van der Waals surface area contributed by atoms with Gasteiger partial charge in [0.05, 0.1) is 15.9 Å². The van der Waals surface area contributed by atoms with Crippen molar-refractivity contribution < 1.29 is 13.6 Å². The Balaban J connectivity index is 1.78. The molecule has 0 aliphatic carbocycles. The van der Waals surface area contributed by atoms with E-state index in [1.165, 1.54) is 11.3 Å². The molecule has 0 radical (unpaired) electrons. The van der Waals surface area contributed by atoms with E-state index in [1.54, 1.807) is 0 Å². The highest BCUT2D eigenvalue weighted by atomic mass is 32.1. The SMILES string of the molecule is Cc1cc2nc(NC(=O)Nc3cc(F)ccc3F)sc2cc1C. The molecule has 1 aromatic heterocycles. The van der Waals surface area contributed by atoms with Gasteiger partial charge in [-0.05, 0) is 49.2 Å². The number of aromatic nitrogens is 1. The Hall–Kier alpha value is -2.54. The molecule has 118 valence electrons. The maximum atomic E-state index is 13.5. The van der Waals surface area contributed by atoms with Crippen molar-refractivity contribution in [3.05, 3.63) is 53.1 Å². The summed E-state index contributed by atoms with van der Waals surface area (Å²) in [4.78, 5) is 16.2. The first-order chi connectivity index (χ1) is 10.9. The Kier molecular flexibility index (Phi) is 3.96. The first kappa shape index (κ1) is 15.4. The van der Waals surface area contributed by atoms with Gasteiger partial charge >= 0.3 is 6.03 Å². The highest BCUT2D eigenvalue weighted by Crippen LogP contribution is 2.28. The normalized spacial score (nSPS) is 10.8. The van der Waals surface area contributed by atoms with Crippen molar-refractivity contribution in [2.24, 2.45) is 0 Å². The Morgan fingerprint density at radius 2 is 1.83 bits per heavy atom. The molecule has 3 aromatic rings. The first-order valence-corrected chi connectivity index (χ1v) is 7.65. The molecular weight excluding hydrogens is 320 g/mol. The molecule has 0 fully saturated rings. The summed E-state index contributed by atoms with van der Waals surface area (Å²) in [5.41, 5.74) is 2.81. The van der Waals surface area contributed by atoms with Crippen molar-refractivity contribution in [3.63, 3.8) is 0 Å². The van der Waals surface area contributed by atoms with Gasteiger partial charge in [-0.2, -0.15) is 0 Å². The summed E-state index contributed by atoms with van der Waals surface area (Å²) in [6, 6.07) is 6.11. The van der Waals surface area contributed by atoms with Gasteiger partial charge in [0, 0.05) is 6.07 Å². The van der Waals surface area contributed by atoms with Crippen LogP contribution in [0.15, 0.2) is 30.3 Å². The predicted molar refractivity (Wildman–Crippen MR) is 88.1 cm³/mol. The Labute approximate surface area is 135 Å². The highest BCUT2D eigenvalue weighted by Gasteiger charge is 2.11. The van der Waals surface area contributed by atoms with E-state index in [1.807, 2.05) is 26.0 Å². The van der Waals surface area contributed by atoms with E-state index in [2.05, 4.69) is 15.6 Å². The summed E-state index contributed by atoms with van der Waals surface area (Å²) in [5.74, 6) is -1.34. The van der Waals surface area contributed by atoms with Crippen molar-refractivity contribution in [1.29, 1.82) is 0 Å². The van der Waals surface area contributed by atoms with Crippen LogP contribution in [0.5, 0.6) is 0 Å². The van der Waals surface area contributed by atoms with Crippen molar-refractivity contribution in [1.82, 2.24) is 4.98 Å². The van der Waals surface area contributed by atoms with Crippen LogP contribution in [0.1, 0.15) is 11.1 Å². The highest BCUT2D eigenvalue weighted by molar-refractivity contribution is 7.22. The van der Waals surface area contributed by atoms with Gasteiger partial charge < -0.3 is 5.32 Å². The van der Waals surface area contributed by atoms with Gasteiger partial charge in [0.15, 0.2) is 5.13 Å². The number of urea groups is 1. The van der Waals surface area contributed by atoms with Crippen LogP contribution in [-0.2, 0) is 0 Å². The van der Waals surface area contributed by atoms with Crippen molar-refractivity contribution in [2.45, 2.75) is 13.8 Å². The van der Waals surface area contributed by atoms with Gasteiger partial charge in [-0.25, -0.2) is 18.6 Å². The zero-order chi connectivity index (χ0) is 16.6. The van der Waals surface area contributed by atoms with Gasteiger partial charge in [0.1, 0.15) is 11.6 Å². The number of carbonyl (C=O) groups is 1. The van der Waals surface area contributed by atoms with E-state index in [0.29, 0.717) is 5.13 Å². The quantitative estimate of drug-likeness (QED) is 0.705. The van der Waals surface area contributed by atoms with Crippen LogP contribution in [0.25, 0.3) is 10.2 Å². The number of hydrogen-bond donors (Lipinski definition) is 2. The van der Waals surface area contributed by atoms with E-state index >= 15 is 0 Å². The van der Waals surface area contributed by atoms with Crippen molar-refractivity contribution >= 4 is 38.4 Å². The van der Waals surface area contributed by atoms with E-state index in [0.717, 1.165) is 39.5 Å². The minimum absolute atomic E-state index is 0.227.